The zero-order valence-electron chi connectivity index (χ0n) is 11.6. The molecule has 0 fully saturated rings. The maximum Gasteiger partial charge on any atom is 0.234 e. The molecule has 3 nitrogen and oxygen atoms in total. The number of carbonyl (C=O) groups excluding carboxylic acids is 1. The van der Waals surface area contributed by atoms with E-state index in [0.29, 0.717) is 5.75 Å². The molecule has 0 bridgehead atoms. The van der Waals surface area contributed by atoms with Crippen LogP contribution in [0.15, 0.2) is 47.4 Å². The van der Waals surface area contributed by atoms with Gasteiger partial charge >= 0.3 is 0 Å². The van der Waals surface area contributed by atoms with Crippen molar-refractivity contribution < 1.29 is 4.79 Å². The lowest BCUT2D eigenvalue weighted by molar-refractivity contribution is -0.113. The fourth-order valence-electron chi connectivity index (χ4n) is 1.78. The van der Waals surface area contributed by atoms with E-state index in [2.05, 4.69) is 5.32 Å². The third kappa shape index (κ3) is 4.03. The van der Waals surface area contributed by atoms with Crippen molar-refractivity contribution in [2.75, 3.05) is 16.8 Å². The van der Waals surface area contributed by atoms with Crippen LogP contribution in [-0.4, -0.2) is 11.7 Å². The Morgan fingerprint density at radius 3 is 2.40 bits per heavy atom. The summed E-state index contributed by atoms with van der Waals surface area (Å²) in [7, 11) is 0. The van der Waals surface area contributed by atoms with Gasteiger partial charge in [0.05, 0.1) is 5.75 Å². The molecule has 0 radical (unpaired) electrons. The van der Waals surface area contributed by atoms with Gasteiger partial charge in [0.25, 0.3) is 0 Å². The Balaban J connectivity index is 1.90. The quantitative estimate of drug-likeness (QED) is 0.667. The minimum Gasteiger partial charge on any atom is -0.398 e. The highest BCUT2D eigenvalue weighted by atomic mass is 32.2. The topological polar surface area (TPSA) is 55.1 Å². The van der Waals surface area contributed by atoms with E-state index < -0.39 is 0 Å². The van der Waals surface area contributed by atoms with Crippen LogP contribution in [0.25, 0.3) is 0 Å². The second-order valence-electron chi connectivity index (χ2n) is 4.74. The van der Waals surface area contributed by atoms with E-state index in [-0.39, 0.29) is 5.91 Å². The van der Waals surface area contributed by atoms with Crippen molar-refractivity contribution in [2.45, 2.75) is 18.7 Å². The number of carbonyl (C=O) groups is 1. The molecule has 4 heteroatoms. The number of aryl methyl sites for hydroxylation is 2. The summed E-state index contributed by atoms with van der Waals surface area (Å²) in [5, 5.41) is 2.87. The fraction of sp³-hybridized carbons (Fsp3) is 0.188. The Kier molecular flexibility index (Phi) is 4.69. The van der Waals surface area contributed by atoms with E-state index in [4.69, 9.17) is 5.73 Å². The number of benzene rings is 2. The molecule has 0 aliphatic rings. The molecule has 0 spiro atoms. The van der Waals surface area contributed by atoms with Gasteiger partial charge in [-0.05, 0) is 43.7 Å². The van der Waals surface area contributed by atoms with Crippen LogP contribution in [0.3, 0.4) is 0 Å². The van der Waals surface area contributed by atoms with Crippen molar-refractivity contribution in [3.8, 4) is 0 Å². The largest absolute Gasteiger partial charge is 0.398 e. The molecule has 20 heavy (non-hydrogen) atoms. The molecule has 0 aromatic heterocycles. The van der Waals surface area contributed by atoms with Crippen LogP contribution in [0.1, 0.15) is 11.1 Å². The predicted octanol–water partition coefficient (Wildman–Crippen LogP) is 3.62. The summed E-state index contributed by atoms with van der Waals surface area (Å²) in [6.45, 7) is 4.01. The van der Waals surface area contributed by atoms with Gasteiger partial charge in [-0.2, -0.15) is 0 Å². The summed E-state index contributed by atoms with van der Waals surface area (Å²) >= 11 is 1.45. The molecule has 1 amide bonds. The maximum atomic E-state index is 11.9. The molecular formula is C16H18N2OS. The number of rotatable bonds is 4. The van der Waals surface area contributed by atoms with E-state index in [0.717, 1.165) is 21.8 Å². The summed E-state index contributed by atoms with van der Waals surface area (Å²) in [6.07, 6.45) is 0. The second kappa shape index (κ2) is 6.48. The average Bonchev–Trinajstić information content (AvgIpc) is 2.40. The molecule has 3 N–H and O–H groups in total. The lowest BCUT2D eigenvalue weighted by atomic mass is 10.2. The molecule has 2 aromatic rings. The number of thioether (sulfide) groups is 1. The number of amides is 1. The van der Waals surface area contributed by atoms with Crippen molar-refractivity contribution >= 4 is 29.0 Å². The zero-order valence-corrected chi connectivity index (χ0v) is 12.5. The first-order valence-electron chi connectivity index (χ1n) is 6.40. The second-order valence-corrected chi connectivity index (χ2v) is 5.76. The lowest BCUT2D eigenvalue weighted by Crippen LogP contribution is -2.14. The van der Waals surface area contributed by atoms with Gasteiger partial charge in [0.2, 0.25) is 5.91 Å². The van der Waals surface area contributed by atoms with Crippen LogP contribution in [-0.2, 0) is 4.79 Å². The Morgan fingerprint density at radius 1 is 1.10 bits per heavy atom. The SMILES string of the molecule is Cc1ccc(NC(=O)CSc2ccc(C)cc2N)cc1. The number of anilines is 2. The standard InChI is InChI=1S/C16H18N2OS/c1-11-3-6-13(7-4-11)18-16(19)10-20-15-8-5-12(2)9-14(15)17/h3-9H,10,17H2,1-2H3,(H,18,19). The number of nitrogens with two attached hydrogens (primary N) is 1. The van der Waals surface area contributed by atoms with Gasteiger partial charge in [0.15, 0.2) is 0 Å². The van der Waals surface area contributed by atoms with E-state index in [1.54, 1.807) is 0 Å². The molecule has 0 heterocycles. The Hall–Kier alpha value is -1.94. The Labute approximate surface area is 123 Å². The minimum absolute atomic E-state index is 0.0289. The maximum absolute atomic E-state index is 11.9. The van der Waals surface area contributed by atoms with Crippen LogP contribution in [0, 0.1) is 13.8 Å². The number of nitrogens with one attached hydrogen (secondary N) is 1. The molecule has 2 rings (SSSR count). The molecule has 0 saturated carbocycles. The van der Waals surface area contributed by atoms with Gasteiger partial charge < -0.3 is 11.1 Å². The summed E-state index contributed by atoms with van der Waals surface area (Å²) in [5.74, 6) is 0.319. The smallest absolute Gasteiger partial charge is 0.234 e. The first-order valence-corrected chi connectivity index (χ1v) is 7.38. The van der Waals surface area contributed by atoms with Crippen LogP contribution in [0.5, 0.6) is 0 Å². The summed E-state index contributed by atoms with van der Waals surface area (Å²) < 4.78 is 0. The van der Waals surface area contributed by atoms with E-state index >= 15 is 0 Å². The van der Waals surface area contributed by atoms with E-state index in [1.165, 1.54) is 17.3 Å². The van der Waals surface area contributed by atoms with Gasteiger partial charge in [0.1, 0.15) is 0 Å². The van der Waals surface area contributed by atoms with Crippen LogP contribution >= 0.6 is 11.8 Å². The fourth-order valence-corrected chi connectivity index (χ4v) is 2.53. The van der Waals surface area contributed by atoms with E-state index in [9.17, 15) is 4.79 Å². The molecular weight excluding hydrogens is 268 g/mol. The van der Waals surface area contributed by atoms with Crippen molar-refractivity contribution in [3.63, 3.8) is 0 Å². The Morgan fingerprint density at radius 2 is 1.75 bits per heavy atom. The first-order chi connectivity index (χ1) is 9.54. The predicted molar refractivity (Wildman–Crippen MR) is 86.1 cm³/mol. The molecule has 0 aliphatic heterocycles. The van der Waals surface area contributed by atoms with Gasteiger partial charge in [-0.3, -0.25) is 4.79 Å². The van der Waals surface area contributed by atoms with Gasteiger partial charge in [-0.1, -0.05) is 23.8 Å². The van der Waals surface area contributed by atoms with Crippen molar-refractivity contribution in [1.82, 2.24) is 0 Å². The van der Waals surface area contributed by atoms with Crippen LogP contribution in [0.4, 0.5) is 11.4 Å². The highest BCUT2D eigenvalue weighted by molar-refractivity contribution is 8.00. The third-order valence-corrected chi connectivity index (χ3v) is 3.95. The number of nitrogen functional groups attached to an aromatic ring is 1. The number of hydrogen-bond donors (Lipinski definition) is 2. The Bertz CT molecular complexity index is 608. The summed E-state index contributed by atoms with van der Waals surface area (Å²) in [5.41, 5.74) is 9.75. The highest BCUT2D eigenvalue weighted by Crippen LogP contribution is 2.25. The van der Waals surface area contributed by atoms with E-state index in [1.807, 2.05) is 56.3 Å². The average molecular weight is 286 g/mol. The molecule has 0 atom stereocenters. The summed E-state index contributed by atoms with van der Waals surface area (Å²) in [4.78, 5) is 12.8. The lowest BCUT2D eigenvalue weighted by Gasteiger charge is -2.07. The zero-order chi connectivity index (χ0) is 14.5. The minimum atomic E-state index is -0.0289. The van der Waals surface area contributed by atoms with Crippen LogP contribution in [0.2, 0.25) is 0 Å². The van der Waals surface area contributed by atoms with Crippen LogP contribution < -0.4 is 11.1 Å². The monoisotopic (exact) mass is 286 g/mol. The normalized spacial score (nSPS) is 10.3. The molecule has 0 aliphatic carbocycles. The van der Waals surface area contributed by atoms with Gasteiger partial charge in [-0.15, -0.1) is 11.8 Å². The third-order valence-electron chi connectivity index (χ3n) is 2.86. The molecule has 104 valence electrons. The van der Waals surface area contributed by atoms with Crippen molar-refractivity contribution in [3.05, 3.63) is 53.6 Å². The van der Waals surface area contributed by atoms with Gasteiger partial charge in [-0.25, -0.2) is 0 Å². The molecule has 0 saturated heterocycles. The van der Waals surface area contributed by atoms with Gasteiger partial charge in [0, 0.05) is 16.3 Å². The number of hydrogen-bond acceptors (Lipinski definition) is 3. The molecule has 2 aromatic carbocycles. The van der Waals surface area contributed by atoms with Crippen molar-refractivity contribution in [2.24, 2.45) is 0 Å². The molecule has 0 unspecified atom stereocenters. The summed E-state index contributed by atoms with van der Waals surface area (Å²) in [6, 6.07) is 13.6. The van der Waals surface area contributed by atoms with Crippen molar-refractivity contribution in [1.29, 1.82) is 0 Å². The first kappa shape index (κ1) is 14.5. The highest BCUT2D eigenvalue weighted by Gasteiger charge is 2.06.